The van der Waals surface area contributed by atoms with E-state index >= 15 is 0 Å². The fraction of sp³-hybridized carbons (Fsp3) is 0.0588. The van der Waals surface area contributed by atoms with Crippen molar-refractivity contribution in [2.45, 2.75) is 6.18 Å². The molecule has 134 valence electrons. The van der Waals surface area contributed by atoms with Gasteiger partial charge < -0.3 is 5.32 Å². The first-order chi connectivity index (χ1) is 12.3. The number of carbonyl (C=O) groups excluding carboxylic acids is 1. The van der Waals surface area contributed by atoms with E-state index in [-0.39, 0.29) is 16.3 Å². The summed E-state index contributed by atoms with van der Waals surface area (Å²) in [6, 6.07) is 7.93. The predicted octanol–water partition coefficient (Wildman–Crippen LogP) is 4.94. The number of alkyl halides is 3. The molecule has 1 heterocycles. The van der Waals surface area contributed by atoms with Crippen LogP contribution in [-0.2, 0) is 6.18 Å². The Morgan fingerprint density at radius 2 is 1.92 bits per heavy atom. The van der Waals surface area contributed by atoms with Crippen LogP contribution >= 0.6 is 11.6 Å². The number of aromatic nitrogens is 2. The first-order valence-corrected chi connectivity index (χ1v) is 7.61. The van der Waals surface area contributed by atoms with Crippen LogP contribution < -0.4 is 5.32 Å². The van der Waals surface area contributed by atoms with Gasteiger partial charge in [-0.05, 0) is 42.5 Å². The lowest BCUT2D eigenvalue weighted by Gasteiger charge is -2.16. The number of hydrogen-bond donors (Lipinski definition) is 1. The molecule has 3 aromatic rings. The van der Waals surface area contributed by atoms with E-state index in [0.29, 0.717) is 0 Å². The Kier molecular flexibility index (Phi) is 4.69. The molecule has 0 unspecified atom stereocenters. The van der Waals surface area contributed by atoms with Crippen molar-refractivity contribution in [1.82, 2.24) is 9.78 Å². The average Bonchev–Trinajstić information content (AvgIpc) is 3.08. The number of benzene rings is 2. The summed E-state index contributed by atoms with van der Waals surface area (Å²) in [5, 5.41) is 5.84. The minimum atomic E-state index is -4.71. The largest absolute Gasteiger partial charge is 0.418 e. The van der Waals surface area contributed by atoms with Crippen molar-refractivity contribution in [3.8, 4) is 5.69 Å². The van der Waals surface area contributed by atoms with Crippen LogP contribution in [-0.4, -0.2) is 15.7 Å². The van der Waals surface area contributed by atoms with Crippen molar-refractivity contribution in [2.75, 3.05) is 5.32 Å². The van der Waals surface area contributed by atoms with Gasteiger partial charge in [0.1, 0.15) is 5.82 Å². The van der Waals surface area contributed by atoms with Crippen LogP contribution in [0.1, 0.15) is 15.9 Å². The molecule has 0 aliphatic rings. The molecule has 2 aromatic carbocycles. The molecular weight excluding hydrogens is 374 g/mol. The number of rotatable bonds is 3. The smallest absolute Gasteiger partial charge is 0.321 e. The van der Waals surface area contributed by atoms with Gasteiger partial charge in [0, 0.05) is 12.4 Å². The summed E-state index contributed by atoms with van der Waals surface area (Å²) < 4.78 is 54.5. The van der Waals surface area contributed by atoms with Crippen molar-refractivity contribution in [2.24, 2.45) is 0 Å². The summed E-state index contributed by atoms with van der Waals surface area (Å²) in [4.78, 5) is 12.2. The number of hydrogen-bond acceptors (Lipinski definition) is 2. The molecular formula is C17H10ClF4N3O. The Balaban J connectivity index is 1.97. The highest BCUT2D eigenvalue weighted by Crippen LogP contribution is 2.36. The lowest BCUT2D eigenvalue weighted by atomic mass is 10.1. The van der Waals surface area contributed by atoms with E-state index in [2.05, 4.69) is 10.4 Å². The van der Waals surface area contributed by atoms with Crippen LogP contribution in [0.25, 0.3) is 5.69 Å². The Labute approximate surface area is 150 Å². The van der Waals surface area contributed by atoms with E-state index in [0.717, 1.165) is 30.3 Å². The average molecular weight is 384 g/mol. The van der Waals surface area contributed by atoms with Crippen LogP contribution in [0.5, 0.6) is 0 Å². The second-order valence-electron chi connectivity index (χ2n) is 5.26. The molecule has 1 aromatic heterocycles. The normalized spacial score (nSPS) is 11.4. The molecule has 0 fully saturated rings. The SMILES string of the molecule is O=C(Nc1ccc(-n2cccn2)cc1C(F)(F)F)c1ccc(F)cc1Cl. The standard InChI is InChI=1S/C17H10ClF4N3O/c18-14-8-10(19)2-4-12(14)16(26)24-15-5-3-11(25-7-1-6-23-25)9-13(15)17(20,21)22/h1-9H,(H,24,26). The summed E-state index contributed by atoms with van der Waals surface area (Å²) >= 11 is 5.78. The summed E-state index contributed by atoms with van der Waals surface area (Å²) in [5.74, 6) is -1.54. The van der Waals surface area contributed by atoms with E-state index in [1.807, 2.05) is 0 Å². The molecule has 0 saturated heterocycles. The van der Waals surface area contributed by atoms with E-state index in [9.17, 15) is 22.4 Å². The monoisotopic (exact) mass is 383 g/mol. The number of nitrogens with one attached hydrogen (secondary N) is 1. The maximum absolute atomic E-state index is 13.4. The lowest BCUT2D eigenvalue weighted by Crippen LogP contribution is -2.17. The Morgan fingerprint density at radius 1 is 1.15 bits per heavy atom. The van der Waals surface area contributed by atoms with E-state index in [1.54, 1.807) is 6.07 Å². The second-order valence-corrected chi connectivity index (χ2v) is 5.66. The highest BCUT2D eigenvalue weighted by atomic mass is 35.5. The maximum atomic E-state index is 13.4. The molecule has 1 amide bonds. The number of halogens is 5. The zero-order valence-corrected chi connectivity index (χ0v) is 13.6. The first-order valence-electron chi connectivity index (χ1n) is 7.23. The van der Waals surface area contributed by atoms with Crippen LogP contribution in [0.3, 0.4) is 0 Å². The molecule has 26 heavy (non-hydrogen) atoms. The van der Waals surface area contributed by atoms with Gasteiger partial charge >= 0.3 is 6.18 Å². The van der Waals surface area contributed by atoms with Crippen molar-refractivity contribution < 1.29 is 22.4 Å². The Hall–Kier alpha value is -2.87. The van der Waals surface area contributed by atoms with Gasteiger partial charge in [0.15, 0.2) is 0 Å². The number of carbonyl (C=O) groups is 1. The van der Waals surface area contributed by atoms with Gasteiger partial charge in [-0.3, -0.25) is 4.79 Å². The highest BCUT2D eigenvalue weighted by molar-refractivity contribution is 6.34. The fourth-order valence-corrected chi connectivity index (χ4v) is 2.56. The number of amides is 1. The molecule has 3 rings (SSSR count). The zero-order chi connectivity index (χ0) is 18.9. The van der Waals surface area contributed by atoms with Crippen LogP contribution in [0.4, 0.5) is 23.2 Å². The van der Waals surface area contributed by atoms with Gasteiger partial charge in [-0.25, -0.2) is 9.07 Å². The van der Waals surface area contributed by atoms with Gasteiger partial charge in [0.2, 0.25) is 0 Å². The van der Waals surface area contributed by atoms with E-state index in [1.165, 1.54) is 23.1 Å². The van der Waals surface area contributed by atoms with E-state index < -0.39 is 29.2 Å². The first kappa shape index (κ1) is 17.9. The molecule has 0 spiro atoms. The summed E-state index contributed by atoms with van der Waals surface area (Å²) in [7, 11) is 0. The summed E-state index contributed by atoms with van der Waals surface area (Å²) in [6.07, 6.45) is -1.79. The quantitative estimate of drug-likeness (QED) is 0.651. The van der Waals surface area contributed by atoms with Crippen molar-refractivity contribution in [3.05, 3.63) is 76.8 Å². The molecule has 0 saturated carbocycles. The van der Waals surface area contributed by atoms with Crippen molar-refractivity contribution in [1.29, 1.82) is 0 Å². The molecule has 0 atom stereocenters. The third kappa shape index (κ3) is 3.70. The van der Waals surface area contributed by atoms with Crippen LogP contribution in [0.15, 0.2) is 54.9 Å². The lowest BCUT2D eigenvalue weighted by molar-refractivity contribution is -0.136. The molecule has 9 heteroatoms. The van der Waals surface area contributed by atoms with Gasteiger partial charge in [-0.15, -0.1) is 0 Å². The Bertz CT molecular complexity index is 955. The molecule has 1 N–H and O–H groups in total. The van der Waals surface area contributed by atoms with Gasteiger partial charge in [0.25, 0.3) is 5.91 Å². The van der Waals surface area contributed by atoms with Crippen LogP contribution in [0.2, 0.25) is 5.02 Å². The minimum Gasteiger partial charge on any atom is -0.321 e. The van der Waals surface area contributed by atoms with Crippen molar-refractivity contribution in [3.63, 3.8) is 0 Å². The third-order valence-corrected chi connectivity index (χ3v) is 3.81. The van der Waals surface area contributed by atoms with Crippen LogP contribution in [0, 0.1) is 5.82 Å². The predicted molar refractivity (Wildman–Crippen MR) is 87.9 cm³/mol. The molecule has 0 radical (unpaired) electrons. The number of anilines is 1. The molecule has 0 bridgehead atoms. The zero-order valence-electron chi connectivity index (χ0n) is 12.9. The second kappa shape index (κ2) is 6.80. The van der Waals surface area contributed by atoms with E-state index in [4.69, 9.17) is 11.6 Å². The third-order valence-electron chi connectivity index (χ3n) is 3.50. The van der Waals surface area contributed by atoms with Gasteiger partial charge in [-0.2, -0.15) is 18.3 Å². The maximum Gasteiger partial charge on any atom is 0.418 e. The van der Waals surface area contributed by atoms with Gasteiger partial charge in [-0.1, -0.05) is 11.6 Å². The molecule has 4 nitrogen and oxygen atoms in total. The topological polar surface area (TPSA) is 46.9 Å². The molecule has 0 aliphatic carbocycles. The van der Waals surface area contributed by atoms with Gasteiger partial charge in [0.05, 0.1) is 27.5 Å². The highest BCUT2D eigenvalue weighted by Gasteiger charge is 2.34. The summed E-state index contributed by atoms with van der Waals surface area (Å²) in [6.45, 7) is 0. The fourth-order valence-electron chi connectivity index (χ4n) is 2.30. The molecule has 0 aliphatic heterocycles. The minimum absolute atomic E-state index is 0.141. The summed E-state index contributed by atoms with van der Waals surface area (Å²) in [5.41, 5.74) is -1.45. The Morgan fingerprint density at radius 3 is 2.54 bits per heavy atom. The number of nitrogens with zero attached hydrogens (tertiary/aromatic N) is 2. The van der Waals surface area contributed by atoms with Crippen molar-refractivity contribution >= 4 is 23.2 Å².